The fourth-order valence-corrected chi connectivity index (χ4v) is 6.82. The summed E-state index contributed by atoms with van der Waals surface area (Å²) in [6.45, 7) is -0.717. The van der Waals surface area contributed by atoms with Gasteiger partial charge in [-0.25, -0.2) is 0 Å². The number of phenols is 5. The van der Waals surface area contributed by atoms with E-state index in [2.05, 4.69) is 0 Å². The smallest absolute Gasteiger partial charge is 0.229 e. The van der Waals surface area contributed by atoms with Crippen molar-refractivity contribution in [3.63, 3.8) is 0 Å². The molecule has 4 aromatic carbocycles. The fraction of sp³-hybridized carbons (Fsp3) is 0.278. The zero-order valence-electron chi connectivity index (χ0n) is 26.3. The van der Waals surface area contributed by atoms with Gasteiger partial charge in [-0.15, -0.1) is 0 Å². The first-order chi connectivity index (χ1) is 24.4. The molecule has 3 heterocycles. The van der Waals surface area contributed by atoms with Crippen molar-refractivity contribution >= 4 is 11.6 Å². The number of rotatable bonds is 6. The number of hydrogen-bond acceptors (Lipinski definition) is 15. The van der Waals surface area contributed by atoms with Gasteiger partial charge in [-0.05, 0) is 35.4 Å². The highest BCUT2D eigenvalue weighted by molar-refractivity contribution is 6.11. The number of Topliss-reactive ketones (excluding diaryl/α,β-unsaturated/α-hetero) is 2. The first-order valence-electron chi connectivity index (χ1n) is 15.8. The van der Waals surface area contributed by atoms with Crippen molar-refractivity contribution < 1.29 is 74.5 Å². The van der Waals surface area contributed by atoms with Crippen molar-refractivity contribution in [2.75, 3.05) is 6.61 Å². The van der Waals surface area contributed by atoms with Gasteiger partial charge in [0.15, 0.2) is 11.6 Å². The Labute approximate surface area is 288 Å². The molecule has 0 saturated carbocycles. The molecule has 9 N–H and O–H groups in total. The fourth-order valence-electron chi connectivity index (χ4n) is 6.82. The third-order valence-corrected chi connectivity index (χ3v) is 9.31. The van der Waals surface area contributed by atoms with E-state index < -0.39 is 84.4 Å². The lowest BCUT2D eigenvalue weighted by Crippen LogP contribution is -2.60. The van der Waals surface area contributed by atoms with Crippen LogP contribution in [0, 0.1) is 11.8 Å². The number of benzene rings is 4. The van der Waals surface area contributed by atoms with E-state index >= 15 is 0 Å². The highest BCUT2D eigenvalue weighted by Gasteiger charge is 2.54. The van der Waals surface area contributed by atoms with E-state index in [1.807, 2.05) is 0 Å². The Morgan fingerprint density at radius 1 is 0.588 bits per heavy atom. The van der Waals surface area contributed by atoms with Gasteiger partial charge in [0.2, 0.25) is 6.29 Å². The van der Waals surface area contributed by atoms with Crippen molar-refractivity contribution in [1.82, 2.24) is 0 Å². The average molecular weight is 705 g/mol. The number of ether oxygens (including phenoxy) is 4. The number of hydrogen-bond donors (Lipinski definition) is 9. The maximum absolute atomic E-state index is 14.7. The Hall–Kier alpha value is -5.58. The Morgan fingerprint density at radius 3 is 1.59 bits per heavy atom. The van der Waals surface area contributed by atoms with Crippen LogP contribution in [0.4, 0.5) is 0 Å². The molecule has 4 aromatic rings. The third-order valence-electron chi connectivity index (χ3n) is 9.31. The van der Waals surface area contributed by atoms with Gasteiger partial charge >= 0.3 is 0 Å². The lowest BCUT2D eigenvalue weighted by Gasteiger charge is -2.42. The molecule has 7 rings (SSSR count). The number of phenolic OH excluding ortho intramolecular Hbond substituents is 5. The van der Waals surface area contributed by atoms with Crippen LogP contribution < -0.4 is 14.2 Å². The van der Waals surface area contributed by atoms with Crippen LogP contribution in [-0.2, 0) is 4.74 Å². The second-order valence-corrected chi connectivity index (χ2v) is 12.5. The second kappa shape index (κ2) is 12.9. The number of carbonyl (C=O) groups excluding carboxylic acids is 2. The topological polar surface area (TPSA) is 253 Å². The summed E-state index contributed by atoms with van der Waals surface area (Å²) in [7, 11) is 0. The van der Waals surface area contributed by atoms with E-state index in [1.165, 1.54) is 54.6 Å². The molecule has 3 aliphatic heterocycles. The van der Waals surface area contributed by atoms with Gasteiger partial charge in [-0.2, -0.15) is 0 Å². The van der Waals surface area contributed by atoms with Crippen LogP contribution in [0.2, 0.25) is 0 Å². The largest absolute Gasteiger partial charge is 0.508 e. The highest BCUT2D eigenvalue weighted by Crippen LogP contribution is 2.54. The molecule has 0 spiro atoms. The van der Waals surface area contributed by atoms with Crippen LogP contribution in [0.3, 0.4) is 0 Å². The zero-order valence-corrected chi connectivity index (χ0v) is 26.3. The summed E-state index contributed by atoms with van der Waals surface area (Å²) in [5.74, 6) is -6.86. The predicted molar refractivity (Wildman–Crippen MR) is 171 cm³/mol. The number of fused-ring (bicyclic) bond motifs is 2. The summed E-state index contributed by atoms with van der Waals surface area (Å²) in [4.78, 5) is 29.2. The quantitative estimate of drug-likeness (QED) is 0.139. The minimum atomic E-state index is -1.78. The molecule has 0 radical (unpaired) electrons. The second-order valence-electron chi connectivity index (χ2n) is 12.5. The third kappa shape index (κ3) is 5.90. The van der Waals surface area contributed by atoms with Gasteiger partial charge in [-0.3, -0.25) is 9.59 Å². The van der Waals surface area contributed by atoms with Crippen LogP contribution in [0.15, 0.2) is 72.8 Å². The van der Waals surface area contributed by atoms with E-state index in [1.54, 1.807) is 0 Å². The van der Waals surface area contributed by atoms with Gasteiger partial charge < -0.3 is 64.9 Å². The molecular weight excluding hydrogens is 672 g/mol. The number of ketones is 2. The molecule has 15 heteroatoms. The number of aromatic hydroxyl groups is 5. The number of aliphatic hydroxyl groups is 4. The minimum Gasteiger partial charge on any atom is -0.508 e. The standard InChI is InChI=1S/C36H32O15/c37-13-24-29(43)32(46)33(47)36(51-24)48-19-11-21(42)26-23(12-19)50-35(15-3-7-17(39)8-4-15)28(31(26)45)27-30(44)25-20(41)9-18(40)10-22(25)49-34(27)14-1-5-16(38)6-2-14/h1-12,24,27-29,32-43,46-47H,13H2. The van der Waals surface area contributed by atoms with Gasteiger partial charge in [-0.1, -0.05) is 24.3 Å². The van der Waals surface area contributed by atoms with Crippen molar-refractivity contribution in [3.8, 4) is 46.0 Å². The summed E-state index contributed by atoms with van der Waals surface area (Å²) >= 11 is 0. The molecular formula is C36H32O15. The molecule has 15 nitrogen and oxygen atoms in total. The van der Waals surface area contributed by atoms with E-state index in [9.17, 15) is 55.5 Å². The van der Waals surface area contributed by atoms with Crippen LogP contribution in [-0.4, -0.2) is 94.8 Å². The Morgan fingerprint density at radius 2 is 1.08 bits per heavy atom. The normalized spacial score (nSPS) is 28.6. The van der Waals surface area contributed by atoms with Gasteiger partial charge in [0.25, 0.3) is 0 Å². The van der Waals surface area contributed by atoms with Crippen LogP contribution in [0.1, 0.15) is 44.1 Å². The molecule has 51 heavy (non-hydrogen) atoms. The molecule has 1 fully saturated rings. The Balaban J connectivity index is 1.34. The van der Waals surface area contributed by atoms with E-state index in [4.69, 9.17) is 18.9 Å². The van der Waals surface area contributed by atoms with E-state index in [0.29, 0.717) is 11.1 Å². The molecule has 1 saturated heterocycles. The lowest BCUT2D eigenvalue weighted by atomic mass is 9.69. The summed E-state index contributed by atoms with van der Waals surface area (Å²) in [5.41, 5.74) is 0.00209. The van der Waals surface area contributed by atoms with Gasteiger partial charge in [0.1, 0.15) is 93.7 Å². The molecule has 3 aliphatic rings. The van der Waals surface area contributed by atoms with Crippen molar-refractivity contribution in [1.29, 1.82) is 0 Å². The van der Waals surface area contributed by atoms with Crippen molar-refractivity contribution in [3.05, 3.63) is 95.1 Å². The van der Waals surface area contributed by atoms with Gasteiger partial charge in [0.05, 0.1) is 18.4 Å². The average Bonchev–Trinajstić information content (AvgIpc) is 3.09. The van der Waals surface area contributed by atoms with Crippen LogP contribution in [0.5, 0.6) is 46.0 Å². The molecule has 0 amide bonds. The van der Waals surface area contributed by atoms with Crippen LogP contribution >= 0.6 is 0 Å². The summed E-state index contributed by atoms with van der Waals surface area (Å²) in [5, 5.41) is 92.6. The molecule has 266 valence electrons. The maximum atomic E-state index is 14.7. The highest BCUT2D eigenvalue weighted by atomic mass is 16.7. The molecule has 0 aliphatic carbocycles. The molecule has 9 unspecified atom stereocenters. The van der Waals surface area contributed by atoms with E-state index in [0.717, 1.165) is 18.2 Å². The Kier molecular flexibility index (Phi) is 8.61. The van der Waals surface area contributed by atoms with Crippen molar-refractivity contribution in [2.45, 2.75) is 42.9 Å². The lowest BCUT2D eigenvalue weighted by molar-refractivity contribution is -0.277. The molecule has 0 bridgehead atoms. The van der Waals surface area contributed by atoms with Crippen LogP contribution in [0.25, 0.3) is 0 Å². The van der Waals surface area contributed by atoms with Gasteiger partial charge in [0, 0.05) is 24.3 Å². The zero-order chi connectivity index (χ0) is 36.3. The van der Waals surface area contributed by atoms with Crippen molar-refractivity contribution in [2.24, 2.45) is 11.8 Å². The first kappa shape index (κ1) is 33.9. The number of aliphatic hydroxyl groups excluding tert-OH is 4. The molecule has 0 aromatic heterocycles. The maximum Gasteiger partial charge on any atom is 0.229 e. The first-order valence-corrected chi connectivity index (χ1v) is 15.8. The molecule has 9 atom stereocenters. The minimum absolute atomic E-state index is 0.0900. The Bertz CT molecular complexity index is 1980. The summed E-state index contributed by atoms with van der Waals surface area (Å²) in [6.07, 6.45) is -10.7. The monoisotopic (exact) mass is 704 g/mol. The number of carbonyl (C=O) groups is 2. The van der Waals surface area contributed by atoms with E-state index in [-0.39, 0.29) is 45.6 Å². The predicted octanol–water partition coefficient (Wildman–Crippen LogP) is 1.96. The SMILES string of the molecule is O=C1c2c(O)cc(O)cc2OC(c2ccc(O)cc2)C1C1C(=O)c2c(O)cc(OC3OC(CO)C(O)C(O)C3O)cc2OC1c1ccc(O)cc1. The summed E-state index contributed by atoms with van der Waals surface area (Å²) < 4.78 is 23.7. The summed E-state index contributed by atoms with van der Waals surface area (Å²) in [6, 6.07) is 15.6.